The number of nitrogens with one attached hydrogen (secondary N) is 1. The van der Waals surface area contributed by atoms with Gasteiger partial charge in [0.05, 0.1) is 9.26 Å². The number of halogens is 1. The highest BCUT2D eigenvalue weighted by atomic mass is 127. The summed E-state index contributed by atoms with van der Waals surface area (Å²) < 4.78 is 0.633. The number of aromatic amines is 1. The first-order chi connectivity index (χ1) is 7.97. The van der Waals surface area contributed by atoms with Gasteiger partial charge in [0.15, 0.2) is 0 Å². The fraction of sp³-hybridized carbons (Fsp3) is 0.250. The molecule has 0 bridgehead atoms. The molecule has 2 rings (SSSR count). The van der Waals surface area contributed by atoms with E-state index in [1.165, 1.54) is 0 Å². The zero-order valence-electron chi connectivity index (χ0n) is 9.84. The third-order valence-corrected chi connectivity index (χ3v) is 3.65. The lowest BCUT2D eigenvalue weighted by Gasteiger charge is -2.05. The molecular formula is C12H12IN3O. The Morgan fingerprint density at radius 3 is 2.24 bits per heavy atom. The maximum Gasteiger partial charge on any atom is 0.264 e. The second-order valence-electron chi connectivity index (χ2n) is 3.95. The van der Waals surface area contributed by atoms with Crippen molar-refractivity contribution in [2.24, 2.45) is 0 Å². The van der Waals surface area contributed by atoms with Crippen LogP contribution in [0.1, 0.15) is 17.1 Å². The van der Waals surface area contributed by atoms with E-state index in [2.05, 4.69) is 15.0 Å². The van der Waals surface area contributed by atoms with Crippen molar-refractivity contribution in [3.63, 3.8) is 0 Å². The van der Waals surface area contributed by atoms with Crippen LogP contribution >= 0.6 is 22.6 Å². The van der Waals surface area contributed by atoms with Gasteiger partial charge >= 0.3 is 0 Å². The highest BCUT2D eigenvalue weighted by Crippen LogP contribution is 2.16. The van der Waals surface area contributed by atoms with Gasteiger partial charge in [0, 0.05) is 17.0 Å². The summed E-state index contributed by atoms with van der Waals surface area (Å²) in [6.07, 6.45) is 0. The molecule has 88 valence electrons. The van der Waals surface area contributed by atoms with Gasteiger partial charge in [-0.15, -0.1) is 0 Å². The maximum absolute atomic E-state index is 11.7. The van der Waals surface area contributed by atoms with E-state index in [-0.39, 0.29) is 5.56 Å². The summed E-state index contributed by atoms with van der Waals surface area (Å²) in [7, 11) is 0. The third kappa shape index (κ3) is 2.54. The van der Waals surface area contributed by atoms with E-state index in [1.54, 1.807) is 0 Å². The quantitative estimate of drug-likeness (QED) is 0.810. The van der Waals surface area contributed by atoms with Crippen molar-refractivity contribution in [2.75, 3.05) is 0 Å². The van der Waals surface area contributed by atoms with E-state index < -0.39 is 0 Å². The first kappa shape index (κ1) is 12.2. The Balaban J connectivity index is 2.65. The Morgan fingerprint density at radius 1 is 1.12 bits per heavy atom. The maximum atomic E-state index is 11.7. The molecule has 17 heavy (non-hydrogen) atoms. The van der Waals surface area contributed by atoms with E-state index in [0.29, 0.717) is 9.39 Å². The lowest BCUT2D eigenvalue weighted by molar-refractivity contribution is 1.04. The second-order valence-corrected chi connectivity index (χ2v) is 5.03. The fourth-order valence-electron chi connectivity index (χ4n) is 1.68. The minimum absolute atomic E-state index is 0.0970. The minimum Gasteiger partial charge on any atom is -0.306 e. The van der Waals surface area contributed by atoms with Crippen molar-refractivity contribution in [3.05, 3.63) is 43.1 Å². The monoisotopic (exact) mass is 341 g/mol. The molecule has 0 fully saturated rings. The van der Waals surface area contributed by atoms with Gasteiger partial charge in [0.25, 0.3) is 5.56 Å². The van der Waals surface area contributed by atoms with Crippen molar-refractivity contribution in [2.45, 2.75) is 20.8 Å². The Kier molecular flexibility index (Phi) is 3.28. The molecule has 2 aromatic rings. The van der Waals surface area contributed by atoms with Crippen molar-refractivity contribution >= 4 is 22.6 Å². The molecule has 1 N–H and O–H groups in total. The topological polar surface area (TPSA) is 58.6 Å². The SMILES string of the molecule is Cc1cc(-c2nc(C)c(I)c(=O)[nH]2)cc(C)n1. The van der Waals surface area contributed by atoms with Crippen LogP contribution in [0.5, 0.6) is 0 Å². The van der Waals surface area contributed by atoms with E-state index in [0.717, 1.165) is 22.6 Å². The molecule has 0 spiro atoms. The summed E-state index contributed by atoms with van der Waals surface area (Å²) >= 11 is 2.00. The van der Waals surface area contributed by atoms with Crippen LogP contribution in [0.25, 0.3) is 11.4 Å². The molecule has 0 aliphatic heterocycles. The van der Waals surface area contributed by atoms with Crippen LogP contribution in [0.2, 0.25) is 0 Å². The van der Waals surface area contributed by atoms with E-state index in [4.69, 9.17) is 0 Å². The second kappa shape index (κ2) is 4.56. The van der Waals surface area contributed by atoms with Gasteiger partial charge in [0.1, 0.15) is 5.82 Å². The molecule has 0 atom stereocenters. The van der Waals surface area contributed by atoms with Crippen LogP contribution < -0.4 is 5.56 Å². The highest BCUT2D eigenvalue weighted by molar-refractivity contribution is 14.1. The normalized spacial score (nSPS) is 10.6. The van der Waals surface area contributed by atoms with Gasteiger partial charge in [0.2, 0.25) is 0 Å². The molecule has 0 radical (unpaired) electrons. The first-order valence-corrected chi connectivity index (χ1v) is 6.27. The zero-order valence-corrected chi connectivity index (χ0v) is 12.0. The summed E-state index contributed by atoms with van der Waals surface area (Å²) in [5.74, 6) is 0.599. The molecule has 0 unspecified atom stereocenters. The smallest absolute Gasteiger partial charge is 0.264 e. The summed E-state index contributed by atoms with van der Waals surface area (Å²) in [6.45, 7) is 5.68. The zero-order chi connectivity index (χ0) is 12.6. The Bertz CT molecular complexity index is 614. The van der Waals surface area contributed by atoms with Gasteiger partial charge in [-0.25, -0.2) is 4.98 Å². The first-order valence-electron chi connectivity index (χ1n) is 5.19. The van der Waals surface area contributed by atoms with E-state index in [9.17, 15) is 4.79 Å². The number of nitrogens with zero attached hydrogens (tertiary/aromatic N) is 2. The molecule has 4 nitrogen and oxygen atoms in total. The van der Waals surface area contributed by atoms with E-state index in [1.807, 2.05) is 55.5 Å². The van der Waals surface area contributed by atoms with Crippen LogP contribution in [-0.4, -0.2) is 15.0 Å². The molecule has 0 amide bonds. The highest BCUT2D eigenvalue weighted by Gasteiger charge is 2.07. The van der Waals surface area contributed by atoms with E-state index >= 15 is 0 Å². The van der Waals surface area contributed by atoms with Crippen LogP contribution in [0.4, 0.5) is 0 Å². The summed E-state index contributed by atoms with van der Waals surface area (Å²) in [4.78, 5) is 23.2. The third-order valence-electron chi connectivity index (χ3n) is 2.38. The van der Waals surface area contributed by atoms with Crippen molar-refractivity contribution in [1.82, 2.24) is 15.0 Å². The number of aryl methyl sites for hydroxylation is 3. The average Bonchev–Trinajstić information content (AvgIpc) is 2.23. The van der Waals surface area contributed by atoms with Crippen LogP contribution in [0.3, 0.4) is 0 Å². The summed E-state index contributed by atoms with van der Waals surface area (Å²) in [6, 6.07) is 3.83. The fourth-order valence-corrected chi connectivity index (χ4v) is 1.93. The number of pyridine rings is 1. The molecule has 2 aromatic heterocycles. The number of hydrogen-bond donors (Lipinski definition) is 1. The minimum atomic E-state index is -0.0970. The lowest BCUT2D eigenvalue weighted by atomic mass is 10.2. The summed E-state index contributed by atoms with van der Waals surface area (Å²) in [5, 5.41) is 0. The molecule has 0 aliphatic rings. The Labute approximate surface area is 113 Å². The number of hydrogen-bond acceptors (Lipinski definition) is 3. The van der Waals surface area contributed by atoms with Crippen molar-refractivity contribution < 1.29 is 0 Å². The average molecular weight is 341 g/mol. The Morgan fingerprint density at radius 2 is 1.71 bits per heavy atom. The van der Waals surface area contributed by atoms with Gasteiger partial charge in [-0.1, -0.05) is 0 Å². The molecule has 5 heteroatoms. The standard InChI is InChI=1S/C12H12IN3O/c1-6-4-9(5-7(2)14-6)11-15-8(3)10(13)12(17)16-11/h4-5H,1-3H3,(H,15,16,17). The van der Waals surface area contributed by atoms with Gasteiger partial charge in [-0.2, -0.15) is 0 Å². The van der Waals surface area contributed by atoms with Gasteiger partial charge < -0.3 is 4.98 Å². The van der Waals surface area contributed by atoms with Crippen LogP contribution in [0, 0.1) is 24.3 Å². The predicted octanol–water partition coefficient (Wildman–Crippen LogP) is 2.36. The molecule has 2 heterocycles. The molecule has 0 saturated carbocycles. The van der Waals surface area contributed by atoms with Crippen molar-refractivity contribution in [1.29, 1.82) is 0 Å². The molecule has 0 saturated heterocycles. The molecular weight excluding hydrogens is 329 g/mol. The predicted molar refractivity (Wildman–Crippen MR) is 75.0 cm³/mol. The van der Waals surface area contributed by atoms with Crippen molar-refractivity contribution in [3.8, 4) is 11.4 Å². The van der Waals surface area contributed by atoms with Crippen LogP contribution in [0.15, 0.2) is 16.9 Å². The number of aromatic nitrogens is 3. The summed E-state index contributed by atoms with van der Waals surface area (Å²) in [5.41, 5.74) is 3.38. The lowest BCUT2D eigenvalue weighted by Crippen LogP contribution is -2.14. The Hall–Kier alpha value is -1.24. The number of rotatable bonds is 1. The molecule has 0 aromatic carbocycles. The van der Waals surface area contributed by atoms with Gasteiger partial charge in [-0.05, 0) is 55.5 Å². The van der Waals surface area contributed by atoms with Crippen LogP contribution in [-0.2, 0) is 0 Å². The van der Waals surface area contributed by atoms with Gasteiger partial charge in [-0.3, -0.25) is 9.78 Å². The largest absolute Gasteiger partial charge is 0.306 e. The number of H-pyrrole nitrogens is 1. The molecule has 0 aliphatic carbocycles.